The monoisotopic (exact) mass is 425 g/mol. The van der Waals surface area contributed by atoms with Crippen molar-refractivity contribution in [3.63, 3.8) is 0 Å². The standard InChI is InChI=1S/C23H24ClN3O3/c1-17-21(25-22(30-17)18-7-3-2-4-8-18)23(28)27-13-11-26(12-14-27)15-16-29-20-10-6-5-9-19(20)24/h2-10H,11-16H2,1H3. The summed E-state index contributed by atoms with van der Waals surface area (Å²) in [7, 11) is 0. The highest BCUT2D eigenvalue weighted by atomic mass is 35.5. The van der Waals surface area contributed by atoms with Gasteiger partial charge in [-0.15, -0.1) is 0 Å². The Balaban J connectivity index is 1.29. The molecule has 1 aromatic heterocycles. The molecule has 7 heteroatoms. The molecule has 0 aliphatic carbocycles. The van der Waals surface area contributed by atoms with Gasteiger partial charge in [0.2, 0.25) is 5.89 Å². The Labute approximate surface area is 181 Å². The first kappa shape index (κ1) is 20.4. The molecule has 0 spiro atoms. The SMILES string of the molecule is Cc1oc(-c2ccccc2)nc1C(=O)N1CCN(CCOc2ccccc2Cl)CC1. The lowest BCUT2D eigenvalue weighted by molar-refractivity contribution is 0.0613. The van der Waals surface area contributed by atoms with E-state index in [1.165, 1.54) is 0 Å². The molecule has 1 aliphatic heterocycles. The normalized spacial score (nSPS) is 14.7. The summed E-state index contributed by atoms with van der Waals surface area (Å²) in [5.74, 6) is 1.65. The first-order valence-electron chi connectivity index (χ1n) is 10.0. The molecular formula is C23H24ClN3O3. The first-order chi connectivity index (χ1) is 14.6. The van der Waals surface area contributed by atoms with Gasteiger partial charge in [0.15, 0.2) is 5.69 Å². The van der Waals surface area contributed by atoms with Crippen LogP contribution in [0.3, 0.4) is 0 Å². The molecule has 156 valence electrons. The molecule has 0 unspecified atom stereocenters. The molecule has 6 nitrogen and oxygen atoms in total. The molecule has 3 aromatic rings. The van der Waals surface area contributed by atoms with Gasteiger partial charge in [-0.25, -0.2) is 4.98 Å². The summed E-state index contributed by atoms with van der Waals surface area (Å²) < 4.78 is 11.5. The molecule has 1 fully saturated rings. The quantitative estimate of drug-likeness (QED) is 0.594. The lowest BCUT2D eigenvalue weighted by Gasteiger charge is -2.34. The van der Waals surface area contributed by atoms with Gasteiger partial charge in [-0.2, -0.15) is 0 Å². The third-order valence-corrected chi connectivity index (χ3v) is 5.49. The fourth-order valence-corrected chi connectivity index (χ4v) is 3.66. The van der Waals surface area contributed by atoms with Crippen LogP contribution in [-0.2, 0) is 0 Å². The van der Waals surface area contributed by atoms with Gasteiger partial charge in [0.05, 0.1) is 5.02 Å². The molecule has 0 radical (unpaired) electrons. The van der Waals surface area contributed by atoms with E-state index in [0.717, 1.165) is 25.2 Å². The van der Waals surface area contributed by atoms with E-state index in [9.17, 15) is 4.79 Å². The Morgan fingerprint density at radius 2 is 1.77 bits per heavy atom. The number of amides is 1. The zero-order valence-electron chi connectivity index (χ0n) is 16.9. The van der Waals surface area contributed by atoms with Crippen LogP contribution in [0, 0.1) is 6.92 Å². The van der Waals surface area contributed by atoms with Crippen LogP contribution in [-0.4, -0.2) is 60.0 Å². The average molecular weight is 426 g/mol. The second-order valence-electron chi connectivity index (χ2n) is 7.20. The fraction of sp³-hybridized carbons (Fsp3) is 0.304. The fourth-order valence-electron chi connectivity index (χ4n) is 3.47. The smallest absolute Gasteiger partial charge is 0.276 e. The number of nitrogens with zero attached hydrogens (tertiary/aromatic N) is 3. The van der Waals surface area contributed by atoms with Crippen LogP contribution in [0.5, 0.6) is 5.75 Å². The molecule has 2 heterocycles. The van der Waals surface area contributed by atoms with Crippen LogP contribution >= 0.6 is 11.6 Å². The number of hydrogen-bond acceptors (Lipinski definition) is 5. The molecule has 0 bridgehead atoms. The first-order valence-corrected chi connectivity index (χ1v) is 10.4. The number of oxazole rings is 1. The van der Waals surface area contributed by atoms with Gasteiger partial charge in [-0.3, -0.25) is 9.69 Å². The molecule has 30 heavy (non-hydrogen) atoms. The summed E-state index contributed by atoms with van der Waals surface area (Å²) in [6.45, 7) is 6.01. The van der Waals surface area contributed by atoms with E-state index >= 15 is 0 Å². The van der Waals surface area contributed by atoms with E-state index in [4.69, 9.17) is 20.8 Å². The van der Waals surface area contributed by atoms with Crippen LogP contribution in [0.4, 0.5) is 0 Å². The molecule has 4 rings (SSSR count). The lowest BCUT2D eigenvalue weighted by atomic mass is 10.2. The zero-order chi connectivity index (χ0) is 20.9. The third kappa shape index (κ3) is 4.66. The largest absolute Gasteiger partial charge is 0.491 e. The summed E-state index contributed by atoms with van der Waals surface area (Å²) in [4.78, 5) is 21.5. The number of aromatic nitrogens is 1. The van der Waals surface area contributed by atoms with Gasteiger partial charge in [0.1, 0.15) is 18.1 Å². The highest BCUT2D eigenvalue weighted by Gasteiger charge is 2.26. The Morgan fingerprint density at radius 1 is 1.07 bits per heavy atom. The summed E-state index contributed by atoms with van der Waals surface area (Å²) >= 11 is 6.12. The van der Waals surface area contributed by atoms with Gasteiger partial charge in [0, 0.05) is 38.3 Å². The van der Waals surface area contributed by atoms with Crippen molar-refractivity contribution in [2.24, 2.45) is 0 Å². The van der Waals surface area contributed by atoms with Crippen molar-refractivity contribution >= 4 is 17.5 Å². The molecule has 0 saturated carbocycles. The maximum atomic E-state index is 13.0. The Hall–Kier alpha value is -2.83. The number of piperazine rings is 1. The van der Waals surface area contributed by atoms with Gasteiger partial charge in [0.25, 0.3) is 5.91 Å². The van der Waals surface area contributed by atoms with E-state index in [0.29, 0.717) is 47.8 Å². The number of ether oxygens (including phenoxy) is 1. The molecule has 0 N–H and O–H groups in total. The molecule has 1 saturated heterocycles. The van der Waals surface area contributed by atoms with E-state index in [1.807, 2.05) is 59.5 Å². The van der Waals surface area contributed by atoms with E-state index in [2.05, 4.69) is 9.88 Å². The number of halogens is 1. The second kappa shape index (κ2) is 9.32. The van der Waals surface area contributed by atoms with Crippen molar-refractivity contribution in [3.8, 4) is 17.2 Å². The van der Waals surface area contributed by atoms with E-state index < -0.39 is 0 Å². The van der Waals surface area contributed by atoms with Crippen LogP contribution < -0.4 is 4.74 Å². The second-order valence-corrected chi connectivity index (χ2v) is 7.61. The predicted molar refractivity (Wildman–Crippen MR) is 116 cm³/mol. The molecular weight excluding hydrogens is 402 g/mol. The summed E-state index contributed by atoms with van der Waals surface area (Å²) in [6, 6.07) is 17.1. The Bertz CT molecular complexity index is 998. The van der Waals surface area contributed by atoms with Crippen LogP contribution in [0.25, 0.3) is 11.5 Å². The number of benzene rings is 2. The van der Waals surface area contributed by atoms with Crippen molar-refractivity contribution in [1.29, 1.82) is 0 Å². The number of aryl methyl sites for hydroxylation is 1. The van der Waals surface area contributed by atoms with Gasteiger partial charge >= 0.3 is 0 Å². The maximum Gasteiger partial charge on any atom is 0.276 e. The maximum absolute atomic E-state index is 13.0. The minimum Gasteiger partial charge on any atom is -0.491 e. The van der Waals surface area contributed by atoms with Crippen molar-refractivity contribution in [3.05, 3.63) is 71.1 Å². The molecule has 2 aromatic carbocycles. The number of rotatable bonds is 6. The van der Waals surface area contributed by atoms with Crippen LogP contribution in [0.2, 0.25) is 5.02 Å². The van der Waals surface area contributed by atoms with E-state index in [1.54, 1.807) is 6.92 Å². The molecule has 1 amide bonds. The van der Waals surface area contributed by atoms with Crippen molar-refractivity contribution in [2.45, 2.75) is 6.92 Å². The highest BCUT2D eigenvalue weighted by molar-refractivity contribution is 6.32. The number of para-hydroxylation sites is 1. The minimum atomic E-state index is -0.0783. The lowest BCUT2D eigenvalue weighted by Crippen LogP contribution is -2.49. The average Bonchev–Trinajstić information content (AvgIpc) is 3.17. The van der Waals surface area contributed by atoms with Crippen molar-refractivity contribution in [1.82, 2.24) is 14.8 Å². The number of hydrogen-bond donors (Lipinski definition) is 0. The minimum absolute atomic E-state index is 0.0783. The molecule has 0 atom stereocenters. The number of carbonyl (C=O) groups excluding carboxylic acids is 1. The molecule has 1 aliphatic rings. The van der Waals surface area contributed by atoms with Gasteiger partial charge in [-0.1, -0.05) is 41.9 Å². The Kier molecular flexibility index (Phi) is 6.35. The third-order valence-electron chi connectivity index (χ3n) is 5.18. The highest BCUT2D eigenvalue weighted by Crippen LogP contribution is 2.24. The van der Waals surface area contributed by atoms with Gasteiger partial charge < -0.3 is 14.1 Å². The van der Waals surface area contributed by atoms with Crippen molar-refractivity contribution < 1.29 is 13.9 Å². The van der Waals surface area contributed by atoms with E-state index in [-0.39, 0.29) is 5.91 Å². The predicted octanol–water partition coefficient (Wildman–Crippen LogP) is 4.14. The van der Waals surface area contributed by atoms with Crippen LogP contribution in [0.1, 0.15) is 16.2 Å². The van der Waals surface area contributed by atoms with Crippen molar-refractivity contribution in [2.75, 3.05) is 39.3 Å². The van der Waals surface area contributed by atoms with Crippen LogP contribution in [0.15, 0.2) is 59.0 Å². The Morgan fingerprint density at radius 3 is 2.50 bits per heavy atom. The van der Waals surface area contributed by atoms with Gasteiger partial charge in [-0.05, 0) is 31.2 Å². The number of carbonyl (C=O) groups is 1. The topological polar surface area (TPSA) is 58.8 Å². The zero-order valence-corrected chi connectivity index (χ0v) is 17.6. The summed E-state index contributed by atoms with van der Waals surface area (Å²) in [6.07, 6.45) is 0. The summed E-state index contributed by atoms with van der Waals surface area (Å²) in [5, 5.41) is 0.616. The summed E-state index contributed by atoms with van der Waals surface area (Å²) in [5.41, 5.74) is 1.26.